The van der Waals surface area contributed by atoms with Crippen LogP contribution in [0.5, 0.6) is 5.75 Å². The fourth-order valence-corrected chi connectivity index (χ4v) is 4.59. The fraction of sp³-hybridized carbons (Fsp3) is 0.708. The lowest BCUT2D eigenvalue weighted by Gasteiger charge is -2.51. The number of carbonyl (C=O) groups excluding carboxylic acids is 1. The van der Waals surface area contributed by atoms with Crippen molar-refractivity contribution < 1.29 is 27.4 Å². The Balaban J connectivity index is 1.67. The Kier molecular flexibility index (Phi) is 7.44. The van der Waals surface area contributed by atoms with Gasteiger partial charge >= 0.3 is 6.18 Å². The Morgan fingerprint density at radius 2 is 1.88 bits per heavy atom. The van der Waals surface area contributed by atoms with Crippen molar-refractivity contribution >= 4 is 5.91 Å². The monoisotopic (exact) mass is 456 g/mol. The van der Waals surface area contributed by atoms with Crippen molar-refractivity contribution in [1.29, 1.82) is 0 Å². The van der Waals surface area contributed by atoms with Crippen LogP contribution in [0.15, 0.2) is 18.2 Å². The number of carbonyl (C=O) groups is 1. The van der Waals surface area contributed by atoms with Crippen LogP contribution in [0.1, 0.15) is 56.5 Å². The van der Waals surface area contributed by atoms with Crippen LogP contribution in [-0.2, 0) is 4.74 Å². The zero-order valence-corrected chi connectivity index (χ0v) is 19.7. The van der Waals surface area contributed by atoms with E-state index in [-0.39, 0.29) is 37.1 Å². The molecule has 0 aliphatic carbocycles. The number of rotatable bonds is 5. The molecular weight excluding hydrogens is 421 g/mol. The third-order valence-electron chi connectivity index (χ3n) is 6.24. The molecule has 1 unspecified atom stereocenters. The van der Waals surface area contributed by atoms with E-state index in [9.17, 15) is 18.0 Å². The van der Waals surface area contributed by atoms with Gasteiger partial charge in [0.1, 0.15) is 5.75 Å². The lowest BCUT2D eigenvalue weighted by Crippen LogP contribution is -2.62. The van der Waals surface area contributed by atoms with Gasteiger partial charge in [0.15, 0.2) is 0 Å². The maximum atomic E-state index is 13.1. The molecule has 0 saturated carbocycles. The van der Waals surface area contributed by atoms with Crippen LogP contribution in [0.3, 0.4) is 0 Å². The number of amides is 1. The van der Waals surface area contributed by atoms with Crippen molar-refractivity contribution in [3.63, 3.8) is 0 Å². The predicted octanol–water partition coefficient (Wildman–Crippen LogP) is 4.68. The molecule has 2 fully saturated rings. The van der Waals surface area contributed by atoms with Gasteiger partial charge in [0.05, 0.1) is 24.4 Å². The summed E-state index contributed by atoms with van der Waals surface area (Å²) in [5.41, 5.74) is 0.856. The van der Waals surface area contributed by atoms with Crippen molar-refractivity contribution in [2.45, 2.75) is 71.4 Å². The Morgan fingerprint density at radius 3 is 2.41 bits per heavy atom. The van der Waals surface area contributed by atoms with Crippen LogP contribution in [0.4, 0.5) is 13.2 Å². The third-order valence-corrected chi connectivity index (χ3v) is 6.24. The Morgan fingerprint density at radius 1 is 1.22 bits per heavy atom. The summed E-state index contributed by atoms with van der Waals surface area (Å²) in [4.78, 5) is 16.3. The van der Waals surface area contributed by atoms with E-state index in [1.807, 2.05) is 46.8 Å². The minimum absolute atomic E-state index is 0.0515. The quantitative estimate of drug-likeness (QED) is 0.646. The van der Waals surface area contributed by atoms with Gasteiger partial charge in [0, 0.05) is 31.7 Å². The van der Waals surface area contributed by atoms with Crippen molar-refractivity contribution in [2.75, 3.05) is 32.7 Å². The molecule has 1 atom stereocenters. The van der Waals surface area contributed by atoms with Crippen LogP contribution in [0.2, 0.25) is 0 Å². The molecular formula is C24H35F3N2O3. The topological polar surface area (TPSA) is 42.0 Å². The minimum atomic E-state index is -4.24. The van der Waals surface area contributed by atoms with E-state index in [1.165, 1.54) is 4.90 Å². The number of piperidine rings is 1. The van der Waals surface area contributed by atoms with Gasteiger partial charge in [0.25, 0.3) is 5.91 Å². The first-order valence-electron chi connectivity index (χ1n) is 11.4. The van der Waals surface area contributed by atoms with Gasteiger partial charge in [-0.05, 0) is 63.3 Å². The SMILES string of the molecule is Cc1cc(C(=O)N2CCC3(CC2)CN(CC(F)(F)F)CC(C(C)C)O3)ccc1OC(C)C. The summed E-state index contributed by atoms with van der Waals surface area (Å²) in [5, 5.41) is 0. The molecule has 2 saturated heterocycles. The zero-order valence-electron chi connectivity index (χ0n) is 19.7. The summed E-state index contributed by atoms with van der Waals surface area (Å²) in [6.07, 6.45) is -3.37. The standard InChI is InChI=1S/C24H35F3N2O3/c1-16(2)21-13-28(15-24(25,26)27)14-23(32-21)8-10-29(11-9-23)22(30)19-6-7-20(18(5)12-19)31-17(3)4/h6-7,12,16-17,21H,8-11,13-15H2,1-5H3. The van der Waals surface area contributed by atoms with Gasteiger partial charge in [0.2, 0.25) is 0 Å². The zero-order chi connectivity index (χ0) is 23.7. The second-order valence-corrected chi connectivity index (χ2v) is 9.81. The molecule has 3 rings (SSSR count). The first kappa shape index (κ1) is 24.8. The lowest BCUT2D eigenvalue weighted by molar-refractivity contribution is -0.211. The molecule has 32 heavy (non-hydrogen) atoms. The molecule has 0 radical (unpaired) electrons. The Hall–Kier alpha value is -1.80. The van der Waals surface area contributed by atoms with E-state index >= 15 is 0 Å². The minimum Gasteiger partial charge on any atom is -0.491 e. The second kappa shape index (κ2) is 9.59. The molecule has 2 heterocycles. The molecule has 2 aliphatic heterocycles. The van der Waals surface area contributed by atoms with Gasteiger partial charge in [-0.1, -0.05) is 13.8 Å². The molecule has 2 aliphatic rings. The molecule has 0 N–H and O–H groups in total. The highest BCUT2D eigenvalue weighted by Gasteiger charge is 2.46. The number of ether oxygens (including phenoxy) is 2. The molecule has 1 aromatic carbocycles. The Labute approximate surface area is 188 Å². The van der Waals surface area contributed by atoms with Crippen LogP contribution < -0.4 is 4.74 Å². The molecule has 1 amide bonds. The molecule has 5 nitrogen and oxygen atoms in total. The fourth-order valence-electron chi connectivity index (χ4n) is 4.59. The number of benzene rings is 1. The molecule has 0 aromatic heterocycles. The van der Waals surface area contributed by atoms with Crippen LogP contribution in [0, 0.1) is 12.8 Å². The molecule has 1 spiro atoms. The van der Waals surface area contributed by atoms with Crippen LogP contribution >= 0.6 is 0 Å². The summed E-state index contributed by atoms with van der Waals surface area (Å²) in [6.45, 7) is 10.3. The van der Waals surface area contributed by atoms with Gasteiger partial charge in [-0.3, -0.25) is 9.69 Å². The molecule has 180 valence electrons. The van der Waals surface area contributed by atoms with E-state index in [2.05, 4.69) is 0 Å². The normalized spacial score (nSPS) is 22.1. The summed E-state index contributed by atoms with van der Waals surface area (Å²) < 4.78 is 51.3. The van der Waals surface area contributed by atoms with Crippen LogP contribution in [0.25, 0.3) is 0 Å². The number of likely N-dealkylation sites (tertiary alicyclic amines) is 1. The summed E-state index contributed by atoms with van der Waals surface area (Å²) in [5.74, 6) is 0.814. The van der Waals surface area contributed by atoms with E-state index < -0.39 is 18.3 Å². The average Bonchev–Trinajstić information content (AvgIpc) is 2.67. The molecule has 0 bridgehead atoms. The number of nitrogens with zero attached hydrogens (tertiary/aromatic N) is 2. The van der Waals surface area contributed by atoms with Crippen LogP contribution in [-0.4, -0.2) is 72.4 Å². The smallest absolute Gasteiger partial charge is 0.401 e. The first-order chi connectivity index (χ1) is 14.9. The number of alkyl halides is 3. The highest BCUT2D eigenvalue weighted by molar-refractivity contribution is 5.94. The number of morpholine rings is 1. The van der Waals surface area contributed by atoms with Crippen molar-refractivity contribution in [3.05, 3.63) is 29.3 Å². The van der Waals surface area contributed by atoms with E-state index in [0.717, 1.165) is 11.3 Å². The summed E-state index contributed by atoms with van der Waals surface area (Å²) >= 11 is 0. The summed E-state index contributed by atoms with van der Waals surface area (Å²) in [7, 11) is 0. The highest BCUT2D eigenvalue weighted by atomic mass is 19.4. The lowest BCUT2D eigenvalue weighted by atomic mass is 9.87. The number of aryl methyl sites for hydroxylation is 1. The molecule has 1 aromatic rings. The van der Waals surface area contributed by atoms with Gasteiger partial charge in [-0.25, -0.2) is 0 Å². The van der Waals surface area contributed by atoms with E-state index in [4.69, 9.17) is 9.47 Å². The third kappa shape index (κ3) is 6.16. The maximum Gasteiger partial charge on any atom is 0.401 e. The Bertz CT molecular complexity index is 802. The van der Waals surface area contributed by atoms with Crippen molar-refractivity contribution in [3.8, 4) is 5.75 Å². The van der Waals surface area contributed by atoms with Crippen molar-refractivity contribution in [1.82, 2.24) is 9.80 Å². The number of halogens is 3. The van der Waals surface area contributed by atoms with Gasteiger partial charge in [-0.15, -0.1) is 0 Å². The maximum absolute atomic E-state index is 13.1. The summed E-state index contributed by atoms with van der Waals surface area (Å²) in [6, 6.07) is 5.43. The number of hydrogen-bond donors (Lipinski definition) is 0. The van der Waals surface area contributed by atoms with E-state index in [0.29, 0.717) is 31.5 Å². The highest BCUT2D eigenvalue weighted by Crippen LogP contribution is 2.36. The van der Waals surface area contributed by atoms with E-state index in [1.54, 1.807) is 11.0 Å². The predicted molar refractivity (Wildman–Crippen MR) is 117 cm³/mol. The number of hydrogen-bond acceptors (Lipinski definition) is 4. The first-order valence-corrected chi connectivity index (χ1v) is 11.4. The van der Waals surface area contributed by atoms with Gasteiger partial charge in [-0.2, -0.15) is 13.2 Å². The van der Waals surface area contributed by atoms with Gasteiger partial charge < -0.3 is 14.4 Å². The molecule has 8 heteroatoms. The second-order valence-electron chi connectivity index (χ2n) is 9.81. The van der Waals surface area contributed by atoms with Crippen molar-refractivity contribution in [2.24, 2.45) is 5.92 Å². The average molecular weight is 457 g/mol. The largest absolute Gasteiger partial charge is 0.491 e.